The van der Waals surface area contributed by atoms with E-state index in [1.54, 1.807) is 0 Å². The van der Waals surface area contributed by atoms with E-state index in [9.17, 15) is 15.0 Å². The predicted octanol–water partition coefficient (Wildman–Crippen LogP) is 6.05. The summed E-state index contributed by atoms with van der Waals surface area (Å²) in [7, 11) is 0. The number of ether oxygens (including phenoxy) is 1. The Balaban J connectivity index is 1.40. The van der Waals surface area contributed by atoms with Gasteiger partial charge in [0.2, 0.25) is 0 Å². The average Bonchev–Trinajstić information content (AvgIpc) is 3.42. The number of esters is 1. The van der Waals surface area contributed by atoms with Crippen molar-refractivity contribution in [3.05, 3.63) is 11.6 Å². The van der Waals surface area contributed by atoms with Gasteiger partial charge in [-0.25, -0.2) is 0 Å². The molecular weight excluding hydrogens is 424 g/mol. The van der Waals surface area contributed by atoms with Crippen LogP contribution in [0.25, 0.3) is 0 Å². The summed E-state index contributed by atoms with van der Waals surface area (Å²) in [5.74, 6) is 2.41. The Morgan fingerprint density at radius 1 is 1.03 bits per heavy atom. The van der Waals surface area contributed by atoms with Crippen LogP contribution in [-0.2, 0) is 9.53 Å². The van der Waals surface area contributed by atoms with Gasteiger partial charge in [0.05, 0.1) is 13.2 Å². The van der Waals surface area contributed by atoms with E-state index in [0.717, 1.165) is 36.7 Å². The minimum Gasteiger partial charge on any atom is -0.457 e. The van der Waals surface area contributed by atoms with Crippen LogP contribution < -0.4 is 0 Å². The summed E-state index contributed by atoms with van der Waals surface area (Å²) in [5, 5.41) is 19.7. The SMILES string of the molecule is CC(=CCC[C@@H](C)[C@H]1CC[C@@]2(C)[C@@H]3CC[C@@H]4[C@@]5(CCC(=O)O[C@@]4(C)CO)C[C@@]35CC[C@]12C)CO. The maximum absolute atomic E-state index is 12.5. The summed E-state index contributed by atoms with van der Waals surface area (Å²) in [6.07, 6.45) is 14.8. The third-order valence-electron chi connectivity index (χ3n) is 12.8. The number of carbonyl (C=O) groups excluding carboxylic acids is 1. The Bertz CT molecular complexity index is 866. The smallest absolute Gasteiger partial charge is 0.306 e. The highest BCUT2D eigenvalue weighted by Gasteiger charge is 2.82. The van der Waals surface area contributed by atoms with Crippen LogP contribution in [0.5, 0.6) is 0 Å². The first-order chi connectivity index (χ1) is 16.0. The quantitative estimate of drug-likeness (QED) is 0.365. The Hall–Kier alpha value is -0.870. The van der Waals surface area contributed by atoms with Crippen LogP contribution in [0.4, 0.5) is 0 Å². The summed E-state index contributed by atoms with van der Waals surface area (Å²) in [4.78, 5) is 12.5. The molecule has 1 saturated heterocycles. The van der Waals surface area contributed by atoms with E-state index in [-0.39, 0.29) is 24.6 Å². The van der Waals surface area contributed by atoms with Crippen molar-refractivity contribution >= 4 is 5.97 Å². The van der Waals surface area contributed by atoms with Gasteiger partial charge in [0, 0.05) is 12.3 Å². The van der Waals surface area contributed by atoms with Crippen LogP contribution in [0.15, 0.2) is 11.6 Å². The van der Waals surface area contributed by atoms with Crippen LogP contribution in [0.2, 0.25) is 0 Å². The van der Waals surface area contributed by atoms with Crippen molar-refractivity contribution in [2.75, 3.05) is 13.2 Å². The van der Waals surface area contributed by atoms with Gasteiger partial charge in [-0.05, 0) is 117 Å². The fraction of sp³-hybridized carbons (Fsp3) is 0.900. The molecule has 2 spiro atoms. The third kappa shape index (κ3) is 3.12. The number of rotatable bonds is 6. The van der Waals surface area contributed by atoms with Crippen molar-refractivity contribution in [1.82, 2.24) is 0 Å². The molecule has 0 bridgehead atoms. The van der Waals surface area contributed by atoms with Gasteiger partial charge in [-0.1, -0.05) is 32.4 Å². The third-order valence-corrected chi connectivity index (χ3v) is 12.8. The van der Waals surface area contributed by atoms with Crippen molar-refractivity contribution in [2.45, 2.75) is 111 Å². The first-order valence-electron chi connectivity index (χ1n) is 14.1. The molecule has 1 heterocycles. The van der Waals surface area contributed by atoms with E-state index in [1.165, 1.54) is 44.9 Å². The number of allylic oxidation sites excluding steroid dienone is 1. The fourth-order valence-corrected chi connectivity index (χ4v) is 10.8. The van der Waals surface area contributed by atoms with Crippen molar-refractivity contribution in [3.63, 3.8) is 0 Å². The van der Waals surface area contributed by atoms with Crippen molar-refractivity contribution in [1.29, 1.82) is 0 Å². The fourth-order valence-electron chi connectivity index (χ4n) is 10.8. The number of carbonyl (C=O) groups is 1. The lowest BCUT2D eigenvalue weighted by Crippen LogP contribution is -2.56. The molecule has 0 amide bonds. The van der Waals surface area contributed by atoms with E-state index < -0.39 is 5.60 Å². The number of cyclic esters (lactones) is 1. The number of aliphatic hydroxyl groups excluding tert-OH is 2. The Labute approximate surface area is 206 Å². The highest BCUT2D eigenvalue weighted by Crippen LogP contribution is 2.88. The molecule has 0 unspecified atom stereocenters. The molecular formula is C30H48O4. The molecule has 5 aliphatic rings. The zero-order chi connectivity index (χ0) is 24.6. The van der Waals surface area contributed by atoms with Crippen LogP contribution in [0.3, 0.4) is 0 Å². The molecule has 4 heteroatoms. The van der Waals surface area contributed by atoms with E-state index in [1.807, 2.05) is 13.8 Å². The van der Waals surface area contributed by atoms with Crippen molar-refractivity contribution < 1.29 is 19.7 Å². The van der Waals surface area contributed by atoms with Gasteiger partial charge in [0.1, 0.15) is 5.60 Å². The van der Waals surface area contributed by atoms with Crippen molar-refractivity contribution in [3.8, 4) is 0 Å². The highest BCUT2D eigenvalue weighted by molar-refractivity contribution is 5.70. The molecule has 5 rings (SSSR count). The highest BCUT2D eigenvalue weighted by atomic mass is 16.6. The number of hydrogen-bond donors (Lipinski definition) is 2. The molecule has 4 saturated carbocycles. The molecule has 9 atom stereocenters. The second kappa shape index (κ2) is 8.07. The lowest BCUT2D eigenvalue weighted by Gasteiger charge is -2.61. The Morgan fingerprint density at radius 2 is 1.74 bits per heavy atom. The van der Waals surface area contributed by atoms with E-state index >= 15 is 0 Å². The van der Waals surface area contributed by atoms with Gasteiger partial charge < -0.3 is 14.9 Å². The number of fused-ring (bicyclic) bond motifs is 2. The minimum absolute atomic E-state index is 0.0509. The van der Waals surface area contributed by atoms with Crippen molar-refractivity contribution in [2.24, 2.45) is 45.3 Å². The van der Waals surface area contributed by atoms with Crippen LogP contribution in [0, 0.1) is 45.3 Å². The largest absolute Gasteiger partial charge is 0.457 e. The van der Waals surface area contributed by atoms with Gasteiger partial charge >= 0.3 is 5.97 Å². The van der Waals surface area contributed by atoms with Gasteiger partial charge in [-0.2, -0.15) is 0 Å². The molecule has 2 N–H and O–H groups in total. The normalized spacial score (nSPS) is 50.9. The van der Waals surface area contributed by atoms with Gasteiger partial charge in [0.15, 0.2) is 0 Å². The zero-order valence-corrected chi connectivity index (χ0v) is 22.3. The van der Waals surface area contributed by atoms with Gasteiger partial charge in [-0.3, -0.25) is 4.79 Å². The molecule has 5 fully saturated rings. The van der Waals surface area contributed by atoms with E-state index in [0.29, 0.717) is 34.5 Å². The monoisotopic (exact) mass is 472 g/mol. The summed E-state index contributed by atoms with van der Waals surface area (Å²) in [5.41, 5.74) is 1.67. The standard InChI is InChI=1S/C30H48O4/c1-20(17-31)7-6-8-21(2)22-11-13-27(4)23-9-10-24-28(5,19-32)34-25(33)12-14-29(24)18-30(23,29)16-15-26(22,27)3/h7,21-24,31-32H,6,8-19H2,1-5H3/t21-,22-,23+,24+,26-,27+,28+,29-,30+/m1/s1. The van der Waals surface area contributed by atoms with Crippen LogP contribution >= 0.6 is 0 Å². The molecule has 4 aliphatic carbocycles. The Morgan fingerprint density at radius 3 is 2.44 bits per heavy atom. The molecule has 1 aliphatic heterocycles. The van der Waals surface area contributed by atoms with Crippen LogP contribution in [0.1, 0.15) is 105 Å². The molecule has 0 radical (unpaired) electrons. The maximum atomic E-state index is 12.5. The number of aliphatic hydroxyl groups is 2. The second-order valence-corrected chi connectivity index (χ2v) is 13.9. The first kappa shape index (κ1) is 24.8. The zero-order valence-electron chi connectivity index (χ0n) is 22.3. The second-order valence-electron chi connectivity index (χ2n) is 13.9. The first-order valence-corrected chi connectivity index (χ1v) is 14.1. The van der Waals surface area contributed by atoms with Crippen LogP contribution in [-0.4, -0.2) is 35.0 Å². The van der Waals surface area contributed by atoms with E-state index in [2.05, 4.69) is 26.8 Å². The molecule has 4 nitrogen and oxygen atoms in total. The summed E-state index contributed by atoms with van der Waals surface area (Å²) in [6, 6.07) is 0. The molecule has 192 valence electrons. The Kier molecular flexibility index (Phi) is 5.89. The summed E-state index contributed by atoms with van der Waals surface area (Å²) >= 11 is 0. The van der Waals surface area contributed by atoms with Gasteiger partial charge in [0.25, 0.3) is 0 Å². The molecule has 0 aromatic carbocycles. The lowest BCUT2D eigenvalue weighted by molar-refractivity contribution is -0.179. The van der Waals surface area contributed by atoms with Gasteiger partial charge in [-0.15, -0.1) is 0 Å². The molecule has 34 heavy (non-hydrogen) atoms. The molecule has 0 aromatic heterocycles. The number of hydrogen-bond acceptors (Lipinski definition) is 4. The summed E-state index contributed by atoms with van der Waals surface area (Å²) in [6.45, 7) is 11.9. The minimum atomic E-state index is -0.712. The lowest BCUT2D eigenvalue weighted by atomic mass is 9.43. The predicted molar refractivity (Wildman–Crippen MR) is 134 cm³/mol. The average molecular weight is 473 g/mol. The van der Waals surface area contributed by atoms with E-state index in [4.69, 9.17) is 4.74 Å². The summed E-state index contributed by atoms with van der Waals surface area (Å²) < 4.78 is 5.92. The maximum Gasteiger partial charge on any atom is 0.306 e. The molecule has 0 aromatic rings. The topological polar surface area (TPSA) is 66.8 Å².